The topological polar surface area (TPSA) is 57.5 Å². The van der Waals surface area contributed by atoms with E-state index in [1.54, 1.807) is 0 Å². The molecule has 1 aromatic rings. The number of alkyl halides is 3. The summed E-state index contributed by atoms with van der Waals surface area (Å²) in [5.74, 6) is -2.45. The molecule has 100 valence electrons. The number of phenols is 1. The fourth-order valence-corrected chi connectivity index (χ4v) is 1.99. The second-order valence-corrected chi connectivity index (χ2v) is 4.75. The highest BCUT2D eigenvalue weighted by Crippen LogP contribution is 2.37. The molecule has 0 fully saturated rings. The van der Waals surface area contributed by atoms with Crippen LogP contribution in [0.5, 0.6) is 5.75 Å². The largest absolute Gasteiger partial charge is 0.508 e. The van der Waals surface area contributed by atoms with Crippen molar-refractivity contribution in [2.75, 3.05) is 0 Å². The lowest BCUT2D eigenvalue weighted by Crippen LogP contribution is -2.13. The average Bonchev–Trinajstić information content (AvgIpc) is 2.21. The number of phenolic OH excluding ortho intramolecular Hbond substituents is 1. The summed E-state index contributed by atoms with van der Waals surface area (Å²) in [5.41, 5.74) is -0.837. The maximum Gasteiger partial charge on any atom is 0.416 e. The number of aromatic hydroxyl groups is 1. The van der Waals surface area contributed by atoms with E-state index in [-0.39, 0.29) is 16.5 Å². The third kappa shape index (κ3) is 3.38. The molecule has 18 heavy (non-hydrogen) atoms. The predicted octanol–water partition coefficient (Wildman–Crippen LogP) is 3.44. The van der Waals surface area contributed by atoms with Crippen LogP contribution in [0.15, 0.2) is 16.6 Å². The highest BCUT2D eigenvalue weighted by Gasteiger charge is 2.32. The average molecular weight is 327 g/mol. The molecule has 0 heterocycles. The van der Waals surface area contributed by atoms with Gasteiger partial charge in [0.25, 0.3) is 0 Å². The Morgan fingerprint density at radius 3 is 2.39 bits per heavy atom. The maximum atomic E-state index is 12.4. The van der Waals surface area contributed by atoms with Crippen LogP contribution >= 0.6 is 15.9 Å². The number of carbonyl (C=O) groups is 1. The van der Waals surface area contributed by atoms with Gasteiger partial charge in [0.15, 0.2) is 0 Å². The summed E-state index contributed by atoms with van der Waals surface area (Å²) < 4.78 is 37.4. The van der Waals surface area contributed by atoms with E-state index >= 15 is 0 Å². The van der Waals surface area contributed by atoms with E-state index in [1.165, 1.54) is 6.92 Å². The number of benzene rings is 1. The fourth-order valence-electron chi connectivity index (χ4n) is 1.38. The SMILES string of the molecule is CC(Cc1c(O)cc(C(F)(F)F)cc1Br)C(=O)O. The quantitative estimate of drug-likeness (QED) is 0.894. The van der Waals surface area contributed by atoms with Gasteiger partial charge in [-0.25, -0.2) is 0 Å². The monoisotopic (exact) mass is 326 g/mol. The highest BCUT2D eigenvalue weighted by molar-refractivity contribution is 9.10. The minimum Gasteiger partial charge on any atom is -0.508 e. The van der Waals surface area contributed by atoms with Gasteiger partial charge in [0.05, 0.1) is 11.5 Å². The molecule has 0 bridgehead atoms. The zero-order valence-corrected chi connectivity index (χ0v) is 10.8. The summed E-state index contributed by atoms with van der Waals surface area (Å²) in [6.45, 7) is 1.41. The lowest BCUT2D eigenvalue weighted by molar-refractivity contribution is -0.141. The van der Waals surface area contributed by atoms with Crippen LogP contribution in [-0.2, 0) is 17.4 Å². The first kappa shape index (κ1) is 14.8. The molecule has 0 aliphatic rings. The van der Waals surface area contributed by atoms with Gasteiger partial charge in [0.2, 0.25) is 0 Å². The summed E-state index contributed by atoms with van der Waals surface area (Å²) in [5, 5.41) is 18.3. The van der Waals surface area contributed by atoms with E-state index in [1.807, 2.05) is 0 Å². The molecule has 7 heteroatoms. The molecule has 1 atom stereocenters. The van der Waals surface area contributed by atoms with E-state index in [0.29, 0.717) is 6.07 Å². The van der Waals surface area contributed by atoms with Crippen LogP contribution in [0.25, 0.3) is 0 Å². The second-order valence-electron chi connectivity index (χ2n) is 3.90. The molecular weight excluding hydrogens is 317 g/mol. The van der Waals surface area contributed by atoms with Crippen LogP contribution in [0.3, 0.4) is 0 Å². The second kappa shape index (κ2) is 5.17. The minimum absolute atomic E-state index is 0.0444. The van der Waals surface area contributed by atoms with Crippen LogP contribution in [-0.4, -0.2) is 16.2 Å². The van der Waals surface area contributed by atoms with Crippen molar-refractivity contribution in [1.29, 1.82) is 0 Å². The van der Waals surface area contributed by atoms with Crippen molar-refractivity contribution < 1.29 is 28.2 Å². The smallest absolute Gasteiger partial charge is 0.416 e. The molecule has 0 aromatic heterocycles. The summed E-state index contributed by atoms with van der Waals surface area (Å²) >= 11 is 2.92. The summed E-state index contributed by atoms with van der Waals surface area (Å²) in [6.07, 6.45) is -4.61. The fraction of sp³-hybridized carbons (Fsp3) is 0.364. The van der Waals surface area contributed by atoms with E-state index < -0.39 is 29.4 Å². The first-order chi connectivity index (χ1) is 8.12. The Morgan fingerprint density at radius 1 is 1.44 bits per heavy atom. The Balaban J connectivity index is 3.13. The molecule has 0 amide bonds. The molecule has 2 N–H and O–H groups in total. The Labute approximate surface area is 109 Å². The van der Waals surface area contributed by atoms with Crippen molar-refractivity contribution in [2.24, 2.45) is 5.92 Å². The molecule has 0 saturated carbocycles. The molecule has 3 nitrogen and oxygen atoms in total. The summed E-state index contributed by atoms with van der Waals surface area (Å²) in [7, 11) is 0. The van der Waals surface area contributed by atoms with E-state index in [9.17, 15) is 23.1 Å². The lowest BCUT2D eigenvalue weighted by Gasteiger charge is -2.14. The van der Waals surface area contributed by atoms with Gasteiger partial charge in [-0.15, -0.1) is 0 Å². The van der Waals surface area contributed by atoms with Gasteiger partial charge >= 0.3 is 12.1 Å². The Bertz CT molecular complexity index is 448. The number of rotatable bonds is 3. The first-order valence-electron chi connectivity index (χ1n) is 4.94. The normalized spacial score (nSPS) is 13.4. The number of aliphatic carboxylic acids is 1. The molecule has 0 spiro atoms. The summed E-state index contributed by atoms with van der Waals surface area (Å²) in [6, 6.07) is 1.41. The number of hydrogen-bond acceptors (Lipinski definition) is 2. The zero-order chi connectivity index (χ0) is 14.1. The molecule has 1 rings (SSSR count). The van der Waals surface area contributed by atoms with Gasteiger partial charge in [-0.05, 0) is 18.6 Å². The van der Waals surface area contributed by atoms with Crippen LogP contribution in [0, 0.1) is 5.92 Å². The van der Waals surface area contributed by atoms with Gasteiger partial charge in [0, 0.05) is 10.0 Å². The van der Waals surface area contributed by atoms with Crippen LogP contribution in [0.1, 0.15) is 18.1 Å². The van der Waals surface area contributed by atoms with Gasteiger partial charge in [-0.2, -0.15) is 13.2 Å². The number of halogens is 4. The Morgan fingerprint density at radius 2 is 2.00 bits per heavy atom. The maximum absolute atomic E-state index is 12.4. The Kier molecular flexibility index (Phi) is 4.26. The minimum atomic E-state index is -4.56. The Hall–Kier alpha value is -1.24. The van der Waals surface area contributed by atoms with Gasteiger partial charge in [-0.1, -0.05) is 22.9 Å². The van der Waals surface area contributed by atoms with Gasteiger partial charge < -0.3 is 10.2 Å². The number of carboxylic acids is 1. The van der Waals surface area contributed by atoms with Crippen molar-refractivity contribution in [3.63, 3.8) is 0 Å². The van der Waals surface area contributed by atoms with Crippen molar-refractivity contribution in [3.05, 3.63) is 27.7 Å². The van der Waals surface area contributed by atoms with E-state index in [2.05, 4.69) is 15.9 Å². The van der Waals surface area contributed by atoms with Crippen molar-refractivity contribution in [2.45, 2.75) is 19.5 Å². The molecule has 1 aromatic carbocycles. The number of hydrogen-bond donors (Lipinski definition) is 2. The van der Waals surface area contributed by atoms with E-state index in [0.717, 1.165) is 6.07 Å². The third-order valence-corrected chi connectivity index (χ3v) is 3.14. The predicted molar refractivity (Wildman–Crippen MR) is 61.3 cm³/mol. The molecule has 0 aliphatic carbocycles. The zero-order valence-electron chi connectivity index (χ0n) is 9.25. The van der Waals surface area contributed by atoms with Crippen molar-refractivity contribution in [3.8, 4) is 5.75 Å². The van der Waals surface area contributed by atoms with Gasteiger partial charge in [0.1, 0.15) is 5.75 Å². The number of carboxylic acid groups (broad SMARTS) is 1. The molecule has 0 radical (unpaired) electrons. The van der Waals surface area contributed by atoms with Crippen molar-refractivity contribution >= 4 is 21.9 Å². The lowest BCUT2D eigenvalue weighted by atomic mass is 9.99. The molecule has 1 unspecified atom stereocenters. The van der Waals surface area contributed by atoms with Crippen LogP contribution in [0.2, 0.25) is 0 Å². The molecule has 0 saturated heterocycles. The molecular formula is C11H10BrF3O3. The van der Waals surface area contributed by atoms with Crippen LogP contribution in [0.4, 0.5) is 13.2 Å². The highest BCUT2D eigenvalue weighted by atomic mass is 79.9. The van der Waals surface area contributed by atoms with Gasteiger partial charge in [-0.3, -0.25) is 4.79 Å². The third-order valence-electron chi connectivity index (χ3n) is 2.43. The van der Waals surface area contributed by atoms with E-state index in [4.69, 9.17) is 5.11 Å². The first-order valence-corrected chi connectivity index (χ1v) is 5.73. The summed E-state index contributed by atoms with van der Waals surface area (Å²) in [4.78, 5) is 10.7. The van der Waals surface area contributed by atoms with Crippen molar-refractivity contribution in [1.82, 2.24) is 0 Å². The molecule has 0 aliphatic heterocycles. The van der Waals surface area contributed by atoms with Crippen LogP contribution < -0.4 is 0 Å². The standard InChI is InChI=1S/C11H10BrF3O3/c1-5(10(17)18)2-7-8(12)3-6(4-9(7)16)11(13,14)15/h3-5,16H,2H2,1H3,(H,17,18).